The maximum absolute atomic E-state index is 7.53. The average molecular weight is 169 g/mol. The topological polar surface area (TPSA) is 30.3 Å². The summed E-state index contributed by atoms with van der Waals surface area (Å²) in [6.07, 6.45) is 1.18. The van der Waals surface area contributed by atoms with Gasteiger partial charge in [0.1, 0.15) is 0 Å². The van der Waals surface area contributed by atoms with E-state index in [4.69, 9.17) is 5.41 Å². The highest BCUT2D eigenvalue weighted by Gasteiger charge is 2.22. The van der Waals surface area contributed by atoms with Crippen molar-refractivity contribution < 1.29 is 0 Å². The predicted octanol–water partition coefficient (Wildman–Crippen LogP) is 1.01. The Morgan fingerprint density at radius 1 is 1.50 bits per heavy atom. The molecule has 0 aromatic heterocycles. The van der Waals surface area contributed by atoms with Crippen LogP contribution in [0.2, 0.25) is 0 Å². The molecule has 1 aliphatic rings. The van der Waals surface area contributed by atoms with Crippen LogP contribution < -0.4 is 0 Å². The number of piperazine rings is 1. The van der Waals surface area contributed by atoms with Gasteiger partial charge in [-0.25, -0.2) is 0 Å². The van der Waals surface area contributed by atoms with Crippen molar-refractivity contribution in [2.75, 3.05) is 26.7 Å². The molecule has 1 N–H and O–H groups in total. The van der Waals surface area contributed by atoms with E-state index in [0.717, 1.165) is 19.6 Å². The molecular formula is C9H19N3. The Kier molecular flexibility index (Phi) is 3.09. The minimum Gasteiger partial charge on any atom is -0.358 e. The van der Waals surface area contributed by atoms with E-state index in [9.17, 15) is 0 Å². The number of nitrogens with one attached hydrogen (secondary N) is 1. The molecule has 1 aliphatic heterocycles. The smallest absolute Gasteiger partial charge is 0.0926 e. The Balaban J connectivity index is 2.49. The largest absolute Gasteiger partial charge is 0.358 e. The molecule has 1 unspecified atom stereocenters. The number of likely N-dealkylation sites (N-methyl/N-ethyl adjacent to an activating group) is 1. The Hall–Kier alpha value is -0.570. The van der Waals surface area contributed by atoms with Crippen LogP contribution >= 0.6 is 0 Å². The molecule has 0 amide bonds. The van der Waals surface area contributed by atoms with Gasteiger partial charge in [-0.3, -0.25) is 10.3 Å². The molecule has 12 heavy (non-hydrogen) atoms. The summed E-state index contributed by atoms with van der Waals surface area (Å²) >= 11 is 0. The highest BCUT2D eigenvalue weighted by molar-refractivity contribution is 5.76. The Morgan fingerprint density at radius 3 is 2.67 bits per heavy atom. The second kappa shape index (κ2) is 3.90. The Labute approximate surface area is 74.9 Å². The summed E-state index contributed by atoms with van der Waals surface area (Å²) in [5.41, 5.74) is 0. The molecule has 0 saturated carbocycles. The van der Waals surface area contributed by atoms with Crippen LogP contribution in [0.3, 0.4) is 0 Å². The lowest BCUT2D eigenvalue weighted by Crippen LogP contribution is -2.52. The fourth-order valence-corrected chi connectivity index (χ4v) is 1.69. The van der Waals surface area contributed by atoms with Crippen LogP contribution in [-0.2, 0) is 0 Å². The maximum Gasteiger partial charge on any atom is 0.0926 e. The first-order valence-electron chi connectivity index (χ1n) is 4.65. The van der Waals surface area contributed by atoms with Gasteiger partial charge in [0.25, 0.3) is 0 Å². The molecule has 1 fully saturated rings. The van der Waals surface area contributed by atoms with Crippen LogP contribution in [0, 0.1) is 5.41 Å². The van der Waals surface area contributed by atoms with Gasteiger partial charge in [-0.05, 0) is 20.4 Å². The minimum atomic E-state index is 0.638. The van der Waals surface area contributed by atoms with Gasteiger partial charge >= 0.3 is 0 Å². The summed E-state index contributed by atoms with van der Waals surface area (Å²) in [5.74, 6) is 0.710. The number of hydrogen-bond acceptors (Lipinski definition) is 2. The maximum atomic E-state index is 7.53. The zero-order valence-electron chi connectivity index (χ0n) is 8.30. The molecule has 0 aromatic rings. The van der Waals surface area contributed by atoms with Crippen molar-refractivity contribution in [3.8, 4) is 0 Å². The van der Waals surface area contributed by atoms with Gasteiger partial charge in [0.2, 0.25) is 0 Å². The first kappa shape index (κ1) is 9.52. The Morgan fingerprint density at radius 2 is 2.17 bits per heavy atom. The van der Waals surface area contributed by atoms with Gasteiger partial charge in [0.05, 0.1) is 5.84 Å². The summed E-state index contributed by atoms with van der Waals surface area (Å²) in [6.45, 7) is 7.22. The molecule has 70 valence electrons. The molecule has 0 aliphatic carbocycles. The molecule has 0 aromatic carbocycles. The first-order valence-corrected chi connectivity index (χ1v) is 4.65. The van der Waals surface area contributed by atoms with Crippen molar-refractivity contribution in [2.24, 2.45) is 0 Å². The lowest BCUT2D eigenvalue weighted by atomic mass is 10.1. The van der Waals surface area contributed by atoms with Crippen molar-refractivity contribution in [3.05, 3.63) is 0 Å². The van der Waals surface area contributed by atoms with Crippen LogP contribution in [0.1, 0.15) is 20.3 Å². The van der Waals surface area contributed by atoms with E-state index < -0.39 is 0 Å². The van der Waals surface area contributed by atoms with E-state index in [0.29, 0.717) is 11.9 Å². The normalized spacial score (nSPS) is 25.9. The SMILES string of the molecule is CCC1CN(C(C)=N)CCN1C. The van der Waals surface area contributed by atoms with E-state index in [1.807, 2.05) is 6.92 Å². The van der Waals surface area contributed by atoms with Crippen LogP contribution in [0.25, 0.3) is 0 Å². The fraction of sp³-hybridized carbons (Fsp3) is 0.889. The standard InChI is InChI=1S/C9H19N3/c1-4-9-7-12(8(2)10)6-5-11(9)3/h9-10H,4-7H2,1-3H3. The molecule has 1 heterocycles. The van der Waals surface area contributed by atoms with Gasteiger partial charge in [0, 0.05) is 25.7 Å². The number of rotatable bonds is 1. The van der Waals surface area contributed by atoms with Gasteiger partial charge < -0.3 is 4.90 Å². The fourth-order valence-electron chi connectivity index (χ4n) is 1.69. The second-order valence-corrected chi connectivity index (χ2v) is 3.57. The predicted molar refractivity (Wildman–Crippen MR) is 51.7 cm³/mol. The second-order valence-electron chi connectivity index (χ2n) is 3.57. The molecule has 0 radical (unpaired) electrons. The third-order valence-electron chi connectivity index (χ3n) is 2.72. The summed E-state index contributed by atoms with van der Waals surface area (Å²) in [7, 11) is 2.17. The highest BCUT2D eigenvalue weighted by atomic mass is 15.3. The quantitative estimate of drug-likeness (QED) is 0.469. The molecule has 3 nitrogen and oxygen atoms in total. The van der Waals surface area contributed by atoms with E-state index in [1.165, 1.54) is 6.42 Å². The van der Waals surface area contributed by atoms with Crippen molar-refractivity contribution in [1.29, 1.82) is 5.41 Å². The minimum absolute atomic E-state index is 0.638. The van der Waals surface area contributed by atoms with Crippen molar-refractivity contribution in [1.82, 2.24) is 9.80 Å². The number of hydrogen-bond donors (Lipinski definition) is 1. The van der Waals surface area contributed by atoms with Crippen LogP contribution in [-0.4, -0.2) is 48.4 Å². The number of amidine groups is 1. The van der Waals surface area contributed by atoms with Crippen molar-refractivity contribution in [3.63, 3.8) is 0 Å². The monoisotopic (exact) mass is 169 g/mol. The number of nitrogens with zero attached hydrogens (tertiary/aromatic N) is 2. The van der Waals surface area contributed by atoms with Gasteiger partial charge in [0.15, 0.2) is 0 Å². The van der Waals surface area contributed by atoms with E-state index in [1.54, 1.807) is 0 Å². The van der Waals surface area contributed by atoms with Crippen molar-refractivity contribution in [2.45, 2.75) is 26.3 Å². The molecule has 0 spiro atoms. The zero-order valence-corrected chi connectivity index (χ0v) is 8.30. The molecular weight excluding hydrogens is 150 g/mol. The summed E-state index contributed by atoms with van der Waals surface area (Å²) in [5, 5.41) is 7.53. The molecule has 1 atom stereocenters. The highest BCUT2D eigenvalue weighted by Crippen LogP contribution is 2.10. The average Bonchev–Trinajstić information content (AvgIpc) is 2.05. The van der Waals surface area contributed by atoms with Gasteiger partial charge in [-0.15, -0.1) is 0 Å². The van der Waals surface area contributed by atoms with Crippen molar-refractivity contribution >= 4 is 5.84 Å². The first-order chi connectivity index (χ1) is 5.65. The summed E-state index contributed by atoms with van der Waals surface area (Å²) in [4.78, 5) is 4.55. The van der Waals surface area contributed by atoms with E-state index in [-0.39, 0.29) is 0 Å². The third kappa shape index (κ3) is 1.97. The lowest BCUT2D eigenvalue weighted by molar-refractivity contribution is 0.136. The van der Waals surface area contributed by atoms with Gasteiger partial charge in [-0.1, -0.05) is 6.92 Å². The van der Waals surface area contributed by atoms with E-state index >= 15 is 0 Å². The summed E-state index contributed by atoms with van der Waals surface area (Å²) < 4.78 is 0. The van der Waals surface area contributed by atoms with Crippen LogP contribution in [0.4, 0.5) is 0 Å². The van der Waals surface area contributed by atoms with Crippen LogP contribution in [0.5, 0.6) is 0 Å². The molecule has 1 rings (SSSR count). The summed E-state index contributed by atoms with van der Waals surface area (Å²) in [6, 6.07) is 0.638. The molecule has 3 heteroatoms. The Bertz CT molecular complexity index is 167. The third-order valence-corrected chi connectivity index (χ3v) is 2.72. The van der Waals surface area contributed by atoms with Gasteiger partial charge in [-0.2, -0.15) is 0 Å². The zero-order chi connectivity index (χ0) is 9.14. The lowest BCUT2D eigenvalue weighted by Gasteiger charge is -2.39. The molecule has 0 bridgehead atoms. The van der Waals surface area contributed by atoms with E-state index in [2.05, 4.69) is 23.8 Å². The van der Waals surface area contributed by atoms with Crippen LogP contribution in [0.15, 0.2) is 0 Å². The molecule has 1 saturated heterocycles.